The molecule has 0 spiro atoms. The molecule has 0 aliphatic heterocycles. The number of pyridine rings is 1. The molecule has 0 saturated carbocycles. The van der Waals surface area contributed by atoms with Crippen molar-refractivity contribution in [2.45, 2.75) is 19.3 Å². The van der Waals surface area contributed by atoms with Gasteiger partial charge in [0.25, 0.3) is 5.56 Å². The normalized spacial score (nSPS) is 12.4. The summed E-state index contributed by atoms with van der Waals surface area (Å²) in [6.07, 6.45) is 4.41. The molecule has 1 unspecified atom stereocenters. The van der Waals surface area contributed by atoms with Crippen LogP contribution >= 0.6 is 0 Å². The number of H-pyrrole nitrogens is 1. The Labute approximate surface area is 116 Å². The summed E-state index contributed by atoms with van der Waals surface area (Å²) in [6, 6.07) is 11.6. The highest BCUT2D eigenvalue weighted by atomic mass is 16.1. The number of aromatic amines is 1. The van der Waals surface area contributed by atoms with Gasteiger partial charge in [0.1, 0.15) is 0 Å². The third kappa shape index (κ3) is 2.32. The summed E-state index contributed by atoms with van der Waals surface area (Å²) in [4.78, 5) is 15.9. The van der Waals surface area contributed by atoms with Gasteiger partial charge in [-0.2, -0.15) is 5.10 Å². The lowest BCUT2D eigenvalue weighted by atomic mass is 9.96. The van der Waals surface area contributed by atoms with Crippen molar-refractivity contribution in [3.05, 3.63) is 70.4 Å². The van der Waals surface area contributed by atoms with Gasteiger partial charge in [-0.05, 0) is 30.0 Å². The summed E-state index contributed by atoms with van der Waals surface area (Å²) in [5.74, 6) is 0.297. The van der Waals surface area contributed by atoms with Crippen molar-refractivity contribution in [1.82, 2.24) is 15.2 Å². The van der Waals surface area contributed by atoms with Gasteiger partial charge < -0.3 is 0 Å². The van der Waals surface area contributed by atoms with E-state index < -0.39 is 0 Å². The quantitative estimate of drug-likeness (QED) is 0.792. The lowest BCUT2D eigenvalue weighted by Crippen LogP contribution is -2.12. The van der Waals surface area contributed by atoms with E-state index >= 15 is 0 Å². The van der Waals surface area contributed by atoms with Gasteiger partial charge >= 0.3 is 0 Å². The SMILES string of the molecule is CC(Cc1n[nH]c(=O)c2ccccc12)c1cccnc1. The smallest absolute Gasteiger partial charge is 0.267 e. The van der Waals surface area contributed by atoms with Crippen LogP contribution in [-0.4, -0.2) is 15.2 Å². The molecule has 0 fully saturated rings. The minimum atomic E-state index is -0.140. The summed E-state index contributed by atoms with van der Waals surface area (Å²) in [7, 11) is 0. The first kappa shape index (κ1) is 12.5. The molecule has 0 radical (unpaired) electrons. The standard InChI is InChI=1S/C16H15N3O/c1-11(12-5-4-8-17-10-12)9-15-13-6-2-3-7-14(13)16(20)19-18-15/h2-8,10-11H,9H2,1H3,(H,19,20). The number of rotatable bonds is 3. The lowest BCUT2D eigenvalue weighted by molar-refractivity contribution is 0.727. The fourth-order valence-corrected chi connectivity index (χ4v) is 2.40. The molecule has 1 aromatic carbocycles. The molecule has 3 rings (SSSR count). The number of hydrogen-bond acceptors (Lipinski definition) is 3. The predicted octanol–water partition coefficient (Wildman–Crippen LogP) is 2.66. The van der Waals surface area contributed by atoms with Crippen molar-refractivity contribution in [1.29, 1.82) is 0 Å². The summed E-state index contributed by atoms with van der Waals surface area (Å²) in [5, 5.41) is 8.41. The molecule has 0 amide bonds. The Morgan fingerprint density at radius 3 is 2.70 bits per heavy atom. The molecule has 1 atom stereocenters. The molecular weight excluding hydrogens is 250 g/mol. The first-order valence-corrected chi connectivity index (χ1v) is 6.62. The summed E-state index contributed by atoms with van der Waals surface area (Å²) < 4.78 is 0. The summed E-state index contributed by atoms with van der Waals surface area (Å²) in [6.45, 7) is 2.14. The van der Waals surface area contributed by atoms with Gasteiger partial charge in [-0.25, -0.2) is 5.10 Å². The zero-order chi connectivity index (χ0) is 13.9. The van der Waals surface area contributed by atoms with Crippen LogP contribution in [0.2, 0.25) is 0 Å². The topological polar surface area (TPSA) is 58.6 Å². The highest BCUT2D eigenvalue weighted by molar-refractivity contribution is 5.83. The van der Waals surface area contributed by atoms with E-state index in [0.717, 1.165) is 17.5 Å². The van der Waals surface area contributed by atoms with Crippen LogP contribution in [0.5, 0.6) is 0 Å². The maximum absolute atomic E-state index is 11.8. The lowest BCUT2D eigenvalue weighted by Gasteiger charge is -2.12. The number of benzene rings is 1. The first-order chi connectivity index (χ1) is 9.75. The van der Waals surface area contributed by atoms with Crippen molar-refractivity contribution < 1.29 is 0 Å². The third-order valence-electron chi connectivity index (χ3n) is 3.53. The molecule has 2 heterocycles. The van der Waals surface area contributed by atoms with Crippen LogP contribution in [0.15, 0.2) is 53.6 Å². The molecule has 3 aromatic rings. The molecule has 1 N–H and O–H groups in total. The van der Waals surface area contributed by atoms with Crippen LogP contribution in [0.3, 0.4) is 0 Å². The highest BCUT2D eigenvalue weighted by Gasteiger charge is 2.11. The highest BCUT2D eigenvalue weighted by Crippen LogP contribution is 2.21. The largest absolute Gasteiger partial charge is 0.272 e. The Kier molecular flexibility index (Phi) is 3.29. The number of fused-ring (bicyclic) bond motifs is 1. The number of hydrogen-bond donors (Lipinski definition) is 1. The van der Waals surface area contributed by atoms with E-state index in [0.29, 0.717) is 11.3 Å². The van der Waals surface area contributed by atoms with E-state index in [1.54, 1.807) is 6.20 Å². The van der Waals surface area contributed by atoms with Crippen molar-refractivity contribution in [3.63, 3.8) is 0 Å². The van der Waals surface area contributed by atoms with Crippen LogP contribution in [0.25, 0.3) is 10.8 Å². The van der Waals surface area contributed by atoms with Crippen LogP contribution in [0.1, 0.15) is 24.1 Å². The second-order valence-electron chi connectivity index (χ2n) is 4.94. The molecule has 20 heavy (non-hydrogen) atoms. The molecule has 4 heteroatoms. The molecule has 0 aliphatic rings. The van der Waals surface area contributed by atoms with E-state index in [1.807, 2.05) is 36.5 Å². The molecule has 0 bridgehead atoms. The van der Waals surface area contributed by atoms with Gasteiger partial charge in [-0.15, -0.1) is 0 Å². The van der Waals surface area contributed by atoms with E-state index in [-0.39, 0.29) is 5.56 Å². The zero-order valence-corrected chi connectivity index (χ0v) is 11.2. The maximum atomic E-state index is 11.8. The Hall–Kier alpha value is -2.49. The van der Waals surface area contributed by atoms with Crippen molar-refractivity contribution in [2.75, 3.05) is 0 Å². The minimum Gasteiger partial charge on any atom is -0.267 e. The van der Waals surface area contributed by atoms with Crippen LogP contribution < -0.4 is 5.56 Å². The Balaban J connectivity index is 2.00. The van der Waals surface area contributed by atoms with Gasteiger partial charge in [0, 0.05) is 17.8 Å². The van der Waals surface area contributed by atoms with E-state index in [4.69, 9.17) is 0 Å². The average Bonchev–Trinajstić information content (AvgIpc) is 2.51. The second-order valence-corrected chi connectivity index (χ2v) is 4.94. The van der Waals surface area contributed by atoms with E-state index in [9.17, 15) is 4.79 Å². The van der Waals surface area contributed by atoms with Gasteiger partial charge in [-0.3, -0.25) is 9.78 Å². The number of aromatic nitrogens is 3. The van der Waals surface area contributed by atoms with E-state index in [1.165, 1.54) is 5.56 Å². The molecule has 0 aliphatic carbocycles. The van der Waals surface area contributed by atoms with Gasteiger partial charge in [0.2, 0.25) is 0 Å². The van der Waals surface area contributed by atoms with Crippen molar-refractivity contribution >= 4 is 10.8 Å². The van der Waals surface area contributed by atoms with Gasteiger partial charge in [0.05, 0.1) is 11.1 Å². The molecule has 100 valence electrons. The van der Waals surface area contributed by atoms with Crippen LogP contribution in [0.4, 0.5) is 0 Å². The van der Waals surface area contributed by atoms with Gasteiger partial charge in [-0.1, -0.05) is 31.2 Å². The fourth-order valence-electron chi connectivity index (χ4n) is 2.40. The van der Waals surface area contributed by atoms with Crippen LogP contribution in [0, 0.1) is 0 Å². The minimum absolute atomic E-state index is 0.140. The summed E-state index contributed by atoms with van der Waals surface area (Å²) in [5.41, 5.74) is 1.94. The molecule has 2 aromatic heterocycles. The fraction of sp³-hybridized carbons (Fsp3) is 0.188. The number of nitrogens with one attached hydrogen (secondary N) is 1. The second kappa shape index (κ2) is 5.25. The van der Waals surface area contributed by atoms with Crippen molar-refractivity contribution in [3.8, 4) is 0 Å². The Bertz CT molecular complexity index is 780. The summed E-state index contributed by atoms with van der Waals surface area (Å²) >= 11 is 0. The maximum Gasteiger partial charge on any atom is 0.272 e. The first-order valence-electron chi connectivity index (χ1n) is 6.62. The predicted molar refractivity (Wildman–Crippen MR) is 78.7 cm³/mol. The van der Waals surface area contributed by atoms with Gasteiger partial charge in [0.15, 0.2) is 0 Å². The Morgan fingerprint density at radius 1 is 1.15 bits per heavy atom. The van der Waals surface area contributed by atoms with E-state index in [2.05, 4.69) is 28.2 Å². The average molecular weight is 265 g/mol. The molecule has 4 nitrogen and oxygen atoms in total. The monoisotopic (exact) mass is 265 g/mol. The molecular formula is C16H15N3O. The third-order valence-corrected chi connectivity index (χ3v) is 3.53. The van der Waals surface area contributed by atoms with Crippen LogP contribution in [-0.2, 0) is 6.42 Å². The van der Waals surface area contributed by atoms with Crippen molar-refractivity contribution in [2.24, 2.45) is 0 Å². The zero-order valence-electron chi connectivity index (χ0n) is 11.2. The Morgan fingerprint density at radius 2 is 1.95 bits per heavy atom. The molecule has 0 saturated heterocycles. The number of nitrogens with zero attached hydrogens (tertiary/aromatic N) is 2.